The van der Waals surface area contributed by atoms with Crippen LogP contribution >= 0.6 is 11.3 Å². The molecule has 2 aromatic rings. The molecule has 4 atom stereocenters. The quantitative estimate of drug-likeness (QED) is 0.367. The van der Waals surface area contributed by atoms with Crippen molar-refractivity contribution in [3.8, 4) is 0 Å². The van der Waals surface area contributed by atoms with Gasteiger partial charge in [-0.1, -0.05) is 42.5 Å². The highest BCUT2D eigenvalue weighted by atomic mass is 32.1. The summed E-state index contributed by atoms with van der Waals surface area (Å²) in [7, 11) is 0. The Morgan fingerprint density at radius 1 is 1.30 bits per heavy atom. The van der Waals surface area contributed by atoms with E-state index < -0.39 is 42.4 Å². The van der Waals surface area contributed by atoms with E-state index in [4.69, 9.17) is 5.11 Å². The maximum Gasteiger partial charge on any atom is 0.303 e. The van der Waals surface area contributed by atoms with Crippen LogP contribution in [0.4, 0.5) is 8.78 Å². The number of rotatable bonds is 9. The van der Waals surface area contributed by atoms with Crippen molar-refractivity contribution in [1.29, 1.82) is 0 Å². The molecule has 7 heteroatoms. The summed E-state index contributed by atoms with van der Waals surface area (Å²) in [6.45, 7) is 0. The van der Waals surface area contributed by atoms with E-state index in [2.05, 4.69) is 0 Å². The lowest BCUT2D eigenvalue weighted by atomic mass is 9.89. The third kappa shape index (κ3) is 5.53. The third-order valence-corrected chi connectivity index (χ3v) is 6.69. The minimum Gasteiger partial charge on any atom is -0.481 e. The number of hydrogen-bond acceptors (Lipinski definition) is 4. The van der Waals surface area contributed by atoms with Crippen LogP contribution in [-0.4, -0.2) is 33.3 Å². The van der Waals surface area contributed by atoms with Crippen molar-refractivity contribution in [2.24, 2.45) is 11.8 Å². The van der Waals surface area contributed by atoms with Gasteiger partial charge in [-0.3, -0.25) is 4.79 Å². The number of carbonyl (C=O) groups is 1. The summed E-state index contributed by atoms with van der Waals surface area (Å²) in [5.41, 5.74) is 0. The van der Waals surface area contributed by atoms with Gasteiger partial charge in [-0.2, -0.15) is 0 Å². The van der Waals surface area contributed by atoms with E-state index in [0.717, 1.165) is 15.0 Å². The van der Waals surface area contributed by atoms with Gasteiger partial charge in [0.15, 0.2) is 0 Å². The van der Waals surface area contributed by atoms with Gasteiger partial charge >= 0.3 is 5.97 Å². The normalized spacial score (nSPS) is 24.9. The van der Waals surface area contributed by atoms with Gasteiger partial charge in [-0.25, -0.2) is 8.78 Å². The van der Waals surface area contributed by atoms with E-state index in [-0.39, 0.29) is 12.8 Å². The number of unbranched alkanes of at least 4 members (excludes halogenated alkanes) is 1. The molecule has 1 aromatic carbocycles. The van der Waals surface area contributed by atoms with E-state index in [1.807, 2.05) is 30.3 Å². The second-order valence-corrected chi connectivity index (χ2v) is 8.84. The lowest BCUT2D eigenvalue weighted by Crippen LogP contribution is -2.25. The summed E-state index contributed by atoms with van der Waals surface area (Å²) in [4.78, 5) is 11.2. The van der Waals surface area contributed by atoms with E-state index in [0.29, 0.717) is 12.8 Å². The highest BCUT2D eigenvalue weighted by molar-refractivity contribution is 7.19. The molecule has 0 saturated heterocycles. The molecule has 4 nitrogen and oxygen atoms in total. The number of carboxylic acid groups (broad SMARTS) is 1. The van der Waals surface area contributed by atoms with Crippen molar-refractivity contribution < 1.29 is 28.9 Å². The topological polar surface area (TPSA) is 77.8 Å². The number of aliphatic carboxylic acids is 1. The van der Waals surface area contributed by atoms with Crippen LogP contribution in [0.15, 0.2) is 54.6 Å². The van der Waals surface area contributed by atoms with Gasteiger partial charge in [0.2, 0.25) is 0 Å². The van der Waals surface area contributed by atoms with Crippen molar-refractivity contribution in [3.63, 3.8) is 0 Å². The van der Waals surface area contributed by atoms with Crippen molar-refractivity contribution >= 4 is 27.4 Å². The lowest BCUT2D eigenvalue weighted by Gasteiger charge is -2.21. The number of hydrogen-bond donors (Lipinski definition) is 3. The van der Waals surface area contributed by atoms with E-state index >= 15 is 0 Å². The van der Waals surface area contributed by atoms with Crippen LogP contribution in [0.5, 0.6) is 0 Å². The van der Waals surface area contributed by atoms with E-state index in [1.54, 1.807) is 12.2 Å². The molecule has 0 radical (unpaired) electrons. The number of carboxylic acids is 1. The van der Waals surface area contributed by atoms with Crippen molar-refractivity contribution in [3.05, 3.63) is 59.5 Å². The summed E-state index contributed by atoms with van der Waals surface area (Å²) in [6.07, 6.45) is 4.78. The summed E-state index contributed by atoms with van der Waals surface area (Å²) in [5, 5.41) is 30.3. The van der Waals surface area contributed by atoms with Gasteiger partial charge in [0.1, 0.15) is 6.10 Å². The van der Waals surface area contributed by atoms with E-state index in [1.165, 1.54) is 23.5 Å². The fourth-order valence-electron chi connectivity index (χ4n) is 3.92. The van der Waals surface area contributed by atoms with Gasteiger partial charge < -0.3 is 15.3 Å². The molecule has 1 aliphatic rings. The number of aliphatic hydroxyl groups excluding tert-OH is 2. The van der Waals surface area contributed by atoms with Gasteiger partial charge in [0.25, 0.3) is 5.92 Å². The molecular formula is C23H26F2O4S. The summed E-state index contributed by atoms with van der Waals surface area (Å²) in [6, 6.07) is 9.62. The number of allylic oxidation sites excluding steroid dienone is 2. The first-order valence-electron chi connectivity index (χ1n) is 10.1. The maximum atomic E-state index is 14.4. The Hall–Kier alpha value is -2.09. The predicted molar refractivity (Wildman–Crippen MR) is 114 cm³/mol. The zero-order chi connectivity index (χ0) is 21.7. The Labute approximate surface area is 178 Å². The van der Waals surface area contributed by atoms with E-state index in [9.17, 15) is 23.8 Å². The Morgan fingerprint density at radius 3 is 2.80 bits per heavy atom. The monoisotopic (exact) mass is 436 g/mol. The fourth-order valence-corrected chi connectivity index (χ4v) is 4.95. The standard InChI is InChI=1S/C23H26F2O4S/c24-23(25)14-19(27)16(17(23)8-3-1-2-4-10-22(28)29)11-12-18(26)21-13-15-7-5-6-9-20(15)30-21/h1,3,5-7,9,11-13,16-19,26-27H,2,4,8,10,14H2,(H,28,29)/t16-,17-,18-,19-/m1/s1. The molecule has 0 unspecified atom stereocenters. The van der Waals surface area contributed by atoms with Crippen LogP contribution < -0.4 is 0 Å². The maximum absolute atomic E-state index is 14.4. The molecule has 30 heavy (non-hydrogen) atoms. The summed E-state index contributed by atoms with van der Waals surface area (Å²) >= 11 is 1.45. The second-order valence-electron chi connectivity index (χ2n) is 7.73. The van der Waals surface area contributed by atoms with Gasteiger partial charge in [0.05, 0.1) is 6.10 Å². The van der Waals surface area contributed by atoms with Crippen LogP contribution in [-0.2, 0) is 4.79 Å². The molecule has 0 aliphatic heterocycles. The molecule has 3 N–H and O–H groups in total. The molecule has 0 amide bonds. The number of alkyl halides is 2. The predicted octanol–water partition coefficient (Wildman–Crippen LogP) is 5.32. The average Bonchev–Trinajstić information content (AvgIpc) is 3.20. The smallest absolute Gasteiger partial charge is 0.303 e. The molecule has 3 rings (SSSR count). The largest absolute Gasteiger partial charge is 0.481 e. The molecular weight excluding hydrogens is 410 g/mol. The Morgan fingerprint density at radius 2 is 2.07 bits per heavy atom. The number of thiophene rings is 1. The zero-order valence-corrected chi connectivity index (χ0v) is 17.3. The van der Waals surface area contributed by atoms with Crippen molar-refractivity contribution in [2.75, 3.05) is 0 Å². The SMILES string of the molecule is O=C(O)CCCC=CC[C@@H]1[C@@H](C=C[C@@H](O)c2cc3ccccc3s2)[C@H](O)CC1(F)F. The van der Waals surface area contributed by atoms with Crippen LogP contribution in [0.3, 0.4) is 0 Å². The summed E-state index contributed by atoms with van der Waals surface area (Å²) < 4.78 is 29.9. The van der Waals surface area contributed by atoms with Crippen LogP contribution in [0.2, 0.25) is 0 Å². The minimum absolute atomic E-state index is 0.0453. The highest BCUT2D eigenvalue weighted by Gasteiger charge is 2.53. The first-order valence-corrected chi connectivity index (χ1v) is 10.9. The molecule has 0 bridgehead atoms. The second kappa shape index (κ2) is 9.81. The molecule has 0 spiro atoms. The molecule has 1 heterocycles. The average molecular weight is 437 g/mol. The van der Waals surface area contributed by atoms with Crippen LogP contribution in [0.25, 0.3) is 10.1 Å². The molecule has 1 aliphatic carbocycles. The third-order valence-electron chi connectivity index (χ3n) is 5.50. The molecule has 1 aromatic heterocycles. The Bertz CT molecular complexity index is 888. The highest BCUT2D eigenvalue weighted by Crippen LogP contribution is 2.47. The fraction of sp³-hybridized carbons (Fsp3) is 0.435. The Kier molecular flexibility index (Phi) is 7.39. The van der Waals surface area contributed by atoms with Crippen molar-refractivity contribution in [1.82, 2.24) is 0 Å². The van der Waals surface area contributed by atoms with Crippen LogP contribution in [0, 0.1) is 11.8 Å². The molecule has 162 valence electrons. The van der Waals surface area contributed by atoms with Gasteiger partial charge in [-0.05, 0) is 36.8 Å². The molecule has 1 fully saturated rings. The lowest BCUT2D eigenvalue weighted by molar-refractivity contribution is -0.137. The number of halogens is 2. The van der Waals surface area contributed by atoms with Crippen molar-refractivity contribution in [2.45, 2.75) is 50.2 Å². The van der Waals surface area contributed by atoms with Gasteiger partial charge in [-0.15, -0.1) is 11.3 Å². The number of aliphatic hydroxyl groups is 2. The molecule has 1 saturated carbocycles. The minimum atomic E-state index is -3.00. The summed E-state index contributed by atoms with van der Waals surface area (Å²) in [5.74, 6) is -5.69. The first kappa shape index (κ1) is 22.6. The first-order chi connectivity index (χ1) is 14.3. The number of benzene rings is 1. The number of fused-ring (bicyclic) bond motifs is 1. The van der Waals surface area contributed by atoms with Gasteiger partial charge in [0, 0.05) is 34.3 Å². The Balaban J connectivity index is 1.65. The van der Waals surface area contributed by atoms with Crippen LogP contribution in [0.1, 0.15) is 43.1 Å². The zero-order valence-electron chi connectivity index (χ0n) is 16.5.